The first-order valence-electron chi connectivity index (χ1n) is 8.98. The monoisotopic (exact) mass is 346 g/mol. The lowest BCUT2D eigenvalue weighted by atomic mass is 9.86. The number of benzene rings is 1. The molecule has 1 fully saturated rings. The third-order valence-electron chi connectivity index (χ3n) is 5.28. The Kier molecular flexibility index (Phi) is 5.58. The smallest absolute Gasteiger partial charge is 0.317 e. The minimum Gasteiger partial charge on any atom is -0.481 e. The molecule has 6 nitrogen and oxygen atoms in total. The van der Waals surface area contributed by atoms with Gasteiger partial charge in [-0.25, -0.2) is 4.79 Å². The molecule has 2 amide bonds. The van der Waals surface area contributed by atoms with Gasteiger partial charge in [0, 0.05) is 13.1 Å². The first-order valence-corrected chi connectivity index (χ1v) is 8.98. The standard InChI is InChI=1S/C19H26N2O4/c1-21(12-17-16-5-3-2-4-13(16)10-11-25-17)19(24)20-15-8-6-14(7-9-15)18(22)23/h2-5,14-15,17H,6-12H2,1H3,(H,20,24)(H,22,23). The summed E-state index contributed by atoms with van der Waals surface area (Å²) in [5, 5.41) is 12.1. The molecule has 0 bridgehead atoms. The molecule has 0 radical (unpaired) electrons. The van der Waals surface area contributed by atoms with Gasteiger partial charge in [0.25, 0.3) is 0 Å². The van der Waals surface area contributed by atoms with E-state index in [1.807, 2.05) is 12.1 Å². The Morgan fingerprint density at radius 3 is 2.68 bits per heavy atom. The number of carboxylic acid groups (broad SMARTS) is 1. The Bertz CT molecular complexity index is 626. The first-order chi connectivity index (χ1) is 12.0. The van der Waals surface area contributed by atoms with E-state index in [0.717, 1.165) is 24.8 Å². The van der Waals surface area contributed by atoms with Gasteiger partial charge < -0.3 is 20.1 Å². The van der Waals surface area contributed by atoms with Gasteiger partial charge in [0.05, 0.1) is 19.1 Å². The van der Waals surface area contributed by atoms with Crippen molar-refractivity contribution in [2.24, 2.45) is 5.92 Å². The molecule has 25 heavy (non-hydrogen) atoms. The van der Waals surface area contributed by atoms with Gasteiger partial charge in [0.2, 0.25) is 0 Å². The largest absolute Gasteiger partial charge is 0.481 e. The van der Waals surface area contributed by atoms with Crippen molar-refractivity contribution in [1.29, 1.82) is 0 Å². The Morgan fingerprint density at radius 2 is 1.96 bits per heavy atom. The summed E-state index contributed by atoms with van der Waals surface area (Å²) in [4.78, 5) is 25.1. The molecule has 0 aromatic heterocycles. The fourth-order valence-electron chi connectivity index (χ4n) is 3.73. The molecule has 0 saturated heterocycles. The molecule has 136 valence electrons. The average molecular weight is 346 g/mol. The molecular weight excluding hydrogens is 320 g/mol. The normalized spacial score (nSPS) is 25.7. The van der Waals surface area contributed by atoms with E-state index in [4.69, 9.17) is 9.84 Å². The zero-order valence-electron chi connectivity index (χ0n) is 14.6. The molecule has 1 aliphatic heterocycles. The zero-order chi connectivity index (χ0) is 17.8. The number of carbonyl (C=O) groups is 2. The lowest BCUT2D eigenvalue weighted by Gasteiger charge is -2.32. The Hall–Kier alpha value is -2.08. The number of hydrogen-bond donors (Lipinski definition) is 2. The third-order valence-corrected chi connectivity index (χ3v) is 5.28. The van der Waals surface area contributed by atoms with Gasteiger partial charge in [0.15, 0.2) is 0 Å². The molecule has 0 spiro atoms. The number of hydrogen-bond acceptors (Lipinski definition) is 3. The van der Waals surface area contributed by atoms with Crippen LogP contribution < -0.4 is 5.32 Å². The molecule has 6 heteroatoms. The molecule has 2 N–H and O–H groups in total. The summed E-state index contributed by atoms with van der Waals surface area (Å²) in [5.41, 5.74) is 2.45. The second-order valence-corrected chi connectivity index (χ2v) is 7.03. The highest BCUT2D eigenvalue weighted by Gasteiger charge is 2.28. The van der Waals surface area contributed by atoms with Crippen molar-refractivity contribution >= 4 is 12.0 Å². The second kappa shape index (κ2) is 7.87. The lowest BCUT2D eigenvalue weighted by molar-refractivity contribution is -0.142. The maximum Gasteiger partial charge on any atom is 0.317 e. The summed E-state index contributed by atoms with van der Waals surface area (Å²) in [6.45, 7) is 1.18. The van der Waals surface area contributed by atoms with Crippen LogP contribution in [-0.2, 0) is 16.0 Å². The molecule has 1 saturated carbocycles. The maximum absolute atomic E-state index is 12.5. The van der Waals surface area contributed by atoms with Gasteiger partial charge in [-0.2, -0.15) is 0 Å². The second-order valence-electron chi connectivity index (χ2n) is 7.03. The van der Waals surface area contributed by atoms with E-state index >= 15 is 0 Å². The van der Waals surface area contributed by atoms with Crippen molar-refractivity contribution in [3.63, 3.8) is 0 Å². The van der Waals surface area contributed by atoms with Gasteiger partial charge in [-0.15, -0.1) is 0 Å². The molecule has 1 heterocycles. The van der Waals surface area contributed by atoms with Crippen molar-refractivity contribution < 1.29 is 19.4 Å². The number of aliphatic carboxylic acids is 1. The summed E-state index contributed by atoms with van der Waals surface area (Å²) in [6, 6.07) is 8.16. The van der Waals surface area contributed by atoms with Gasteiger partial charge in [-0.3, -0.25) is 4.79 Å². The maximum atomic E-state index is 12.5. The predicted octanol–water partition coefficient (Wildman–Crippen LogP) is 2.59. The van der Waals surface area contributed by atoms with Gasteiger partial charge in [-0.05, 0) is 43.2 Å². The zero-order valence-corrected chi connectivity index (χ0v) is 14.6. The highest BCUT2D eigenvalue weighted by atomic mass is 16.5. The Labute approximate surface area is 148 Å². The van der Waals surface area contributed by atoms with Gasteiger partial charge in [-0.1, -0.05) is 24.3 Å². The predicted molar refractivity (Wildman–Crippen MR) is 93.4 cm³/mol. The highest BCUT2D eigenvalue weighted by Crippen LogP contribution is 2.28. The minimum absolute atomic E-state index is 0.0603. The number of fused-ring (bicyclic) bond motifs is 1. The number of urea groups is 1. The third kappa shape index (κ3) is 4.31. The number of carboxylic acids is 1. The van der Waals surface area contributed by atoms with E-state index in [9.17, 15) is 9.59 Å². The molecule has 1 aromatic carbocycles. The van der Waals surface area contributed by atoms with E-state index in [2.05, 4.69) is 17.4 Å². The number of nitrogens with one attached hydrogen (secondary N) is 1. The Balaban J connectivity index is 1.51. The minimum atomic E-state index is -0.727. The summed E-state index contributed by atoms with van der Waals surface area (Å²) >= 11 is 0. The van der Waals surface area contributed by atoms with Crippen molar-refractivity contribution in [3.05, 3.63) is 35.4 Å². The van der Waals surface area contributed by atoms with E-state index in [1.165, 1.54) is 5.56 Å². The fraction of sp³-hybridized carbons (Fsp3) is 0.579. The number of carbonyl (C=O) groups excluding carboxylic acids is 1. The molecule has 1 aromatic rings. The summed E-state index contributed by atoms with van der Waals surface area (Å²) in [6.07, 6.45) is 3.52. The van der Waals surface area contributed by atoms with Crippen LogP contribution in [0.1, 0.15) is 42.9 Å². The fourth-order valence-corrected chi connectivity index (χ4v) is 3.73. The van der Waals surface area contributed by atoms with Crippen LogP contribution in [0.15, 0.2) is 24.3 Å². The molecule has 1 unspecified atom stereocenters. The number of nitrogens with zero attached hydrogens (tertiary/aromatic N) is 1. The average Bonchev–Trinajstić information content (AvgIpc) is 2.62. The van der Waals surface area contributed by atoms with Crippen LogP contribution in [0.4, 0.5) is 4.79 Å². The van der Waals surface area contributed by atoms with Crippen molar-refractivity contribution in [2.45, 2.75) is 44.2 Å². The first kappa shape index (κ1) is 17.7. The van der Waals surface area contributed by atoms with E-state index in [0.29, 0.717) is 26.0 Å². The molecule has 3 rings (SSSR count). The van der Waals surface area contributed by atoms with Crippen molar-refractivity contribution in [3.8, 4) is 0 Å². The van der Waals surface area contributed by atoms with Crippen molar-refractivity contribution in [1.82, 2.24) is 10.2 Å². The van der Waals surface area contributed by atoms with Crippen LogP contribution in [0.2, 0.25) is 0 Å². The number of rotatable bonds is 4. The van der Waals surface area contributed by atoms with Crippen LogP contribution >= 0.6 is 0 Å². The Morgan fingerprint density at radius 1 is 1.24 bits per heavy atom. The molecule has 1 aliphatic carbocycles. The van der Waals surface area contributed by atoms with Gasteiger partial charge >= 0.3 is 12.0 Å². The molecule has 1 atom stereocenters. The number of likely N-dealkylation sites (N-methyl/N-ethyl adjacent to an activating group) is 1. The van der Waals surface area contributed by atoms with Gasteiger partial charge in [0.1, 0.15) is 6.10 Å². The topological polar surface area (TPSA) is 78.9 Å². The van der Waals surface area contributed by atoms with Crippen LogP contribution in [0.25, 0.3) is 0 Å². The van der Waals surface area contributed by atoms with Crippen LogP contribution in [0.5, 0.6) is 0 Å². The van der Waals surface area contributed by atoms with Crippen LogP contribution in [0, 0.1) is 5.92 Å². The highest BCUT2D eigenvalue weighted by molar-refractivity contribution is 5.74. The number of ether oxygens (including phenoxy) is 1. The van der Waals surface area contributed by atoms with E-state index in [1.54, 1.807) is 11.9 Å². The van der Waals surface area contributed by atoms with E-state index in [-0.39, 0.29) is 24.1 Å². The quantitative estimate of drug-likeness (QED) is 0.878. The van der Waals surface area contributed by atoms with Crippen LogP contribution in [0.3, 0.4) is 0 Å². The summed E-state index contributed by atoms with van der Waals surface area (Å²) in [5.74, 6) is -0.993. The lowest BCUT2D eigenvalue weighted by Crippen LogP contribution is -2.46. The van der Waals surface area contributed by atoms with E-state index < -0.39 is 5.97 Å². The van der Waals surface area contributed by atoms with Crippen molar-refractivity contribution in [2.75, 3.05) is 20.2 Å². The molecular formula is C19H26N2O4. The summed E-state index contributed by atoms with van der Waals surface area (Å²) in [7, 11) is 1.78. The number of amides is 2. The molecule has 2 aliphatic rings. The SMILES string of the molecule is CN(CC1OCCc2ccccc21)C(=O)NC1CCC(C(=O)O)CC1. The van der Waals surface area contributed by atoms with Crippen LogP contribution in [-0.4, -0.2) is 48.2 Å². The summed E-state index contributed by atoms with van der Waals surface area (Å²) < 4.78 is 5.87.